The fraction of sp³-hybridized carbons (Fsp3) is 0.250. The number of carbonyl (C=O) groups is 1. The summed E-state index contributed by atoms with van der Waals surface area (Å²) in [6, 6.07) is 13.2. The van der Waals surface area contributed by atoms with Crippen LogP contribution in [0.15, 0.2) is 47.0 Å². The number of nitrogens with two attached hydrogens (primary N) is 1. The van der Waals surface area contributed by atoms with Gasteiger partial charge in [0.05, 0.1) is 13.0 Å². The van der Waals surface area contributed by atoms with E-state index in [4.69, 9.17) is 15.0 Å². The highest BCUT2D eigenvalue weighted by atomic mass is 16.5. The van der Waals surface area contributed by atoms with Crippen molar-refractivity contribution in [2.45, 2.75) is 26.7 Å². The number of carbonyl (C=O) groups excluding carboxylic acids is 1. The van der Waals surface area contributed by atoms with Gasteiger partial charge in [-0.3, -0.25) is 4.79 Å². The number of amides is 1. The number of ether oxygens (including phenoxy) is 1. The molecule has 6 nitrogen and oxygen atoms in total. The lowest BCUT2D eigenvalue weighted by Gasteiger charge is -2.08. The van der Waals surface area contributed by atoms with E-state index in [1.54, 1.807) is 18.2 Å². The minimum atomic E-state index is -0.454. The van der Waals surface area contributed by atoms with Gasteiger partial charge in [0, 0.05) is 12.0 Å². The van der Waals surface area contributed by atoms with Crippen LogP contribution in [0.25, 0.3) is 0 Å². The Hall–Kier alpha value is -3.15. The molecular formula is C20H21N3O3. The van der Waals surface area contributed by atoms with Crippen molar-refractivity contribution in [1.29, 1.82) is 0 Å². The average molecular weight is 351 g/mol. The topological polar surface area (TPSA) is 91.2 Å². The Kier molecular flexibility index (Phi) is 5.31. The summed E-state index contributed by atoms with van der Waals surface area (Å²) in [6.07, 6.45) is 1.00. The number of aryl methyl sites for hydroxylation is 2. The summed E-state index contributed by atoms with van der Waals surface area (Å²) in [7, 11) is 0. The molecule has 0 unspecified atom stereocenters. The minimum absolute atomic E-state index is 0.454. The predicted molar refractivity (Wildman–Crippen MR) is 97.2 cm³/mol. The molecule has 3 aromatic rings. The molecule has 1 aromatic heterocycles. The van der Waals surface area contributed by atoms with E-state index in [1.807, 2.05) is 25.1 Å². The van der Waals surface area contributed by atoms with Crippen LogP contribution in [0.1, 0.15) is 38.8 Å². The molecule has 0 aliphatic rings. The molecule has 0 fully saturated rings. The maximum Gasteiger partial charge on any atom is 0.248 e. The van der Waals surface area contributed by atoms with Gasteiger partial charge in [0.1, 0.15) is 5.75 Å². The summed E-state index contributed by atoms with van der Waals surface area (Å²) in [6.45, 7) is 4.53. The zero-order valence-corrected chi connectivity index (χ0v) is 14.9. The molecule has 6 heteroatoms. The molecule has 0 saturated heterocycles. The molecule has 0 atom stereocenters. The van der Waals surface area contributed by atoms with Crippen LogP contribution in [-0.4, -0.2) is 22.7 Å². The number of nitrogens with zero attached hydrogens (tertiary/aromatic N) is 2. The standard InChI is InChI=1S/C20H21N3O3/c1-13-6-7-17(14(2)10-13)25-9-8-19-22-18(23-26-19)12-15-4-3-5-16(11-15)20(21)24/h3-7,10-11H,8-9,12H2,1-2H3,(H2,21,24). The first-order chi connectivity index (χ1) is 12.5. The normalized spacial score (nSPS) is 10.7. The molecule has 0 radical (unpaired) electrons. The van der Waals surface area contributed by atoms with E-state index in [-0.39, 0.29) is 0 Å². The molecule has 0 saturated carbocycles. The van der Waals surface area contributed by atoms with Crippen molar-refractivity contribution >= 4 is 5.91 Å². The van der Waals surface area contributed by atoms with Gasteiger partial charge in [0.25, 0.3) is 0 Å². The van der Waals surface area contributed by atoms with Crippen molar-refractivity contribution in [1.82, 2.24) is 10.1 Å². The molecule has 2 N–H and O–H groups in total. The Labute approximate surface area is 152 Å². The summed E-state index contributed by atoms with van der Waals surface area (Å²) in [5, 5.41) is 3.98. The monoisotopic (exact) mass is 351 g/mol. The van der Waals surface area contributed by atoms with E-state index in [9.17, 15) is 4.79 Å². The number of benzene rings is 2. The van der Waals surface area contributed by atoms with Crippen molar-refractivity contribution in [2.75, 3.05) is 6.61 Å². The van der Waals surface area contributed by atoms with Crippen LogP contribution in [-0.2, 0) is 12.8 Å². The molecule has 1 amide bonds. The Morgan fingerprint density at radius 1 is 1.19 bits per heavy atom. The average Bonchev–Trinajstić information content (AvgIpc) is 3.04. The van der Waals surface area contributed by atoms with E-state index >= 15 is 0 Å². The van der Waals surface area contributed by atoms with Crippen LogP contribution in [0.2, 0.25) is 0 Å². The van der Waals surface area contributed by atoms with Crippen LogP contribution in [0.4, 0.5) is 0 Å². The van der Waals surface area contributed by atoms with Gasteiger partial charge in [-0.1, -0.05) is 35.0 Å². The van der Waals surface area contributed by atoms with E-state index in [0.29, 0.717) is 36.7 Å². The van der Waals surface area contributed by atoms with Crippen molar-refractivity contribution in [2.24, 2.45) is 5.73 Å². The molecular weight excluding hydrogens is 330 g/mol. The third kappa shape index (κ3) is 4.47. The molecule has 0 spiro atoms. The smallest absolute Gasteiger partial charge is 0.248 e. The first-order valence-electron chi connectivity index (χ1n) is 8.41. The lowest BCUT2D eigenvalue weighted by molar-refractivity contribution is 0.1000. The van der Waals surface area contributed by atoms with Crippen molar-refractivity contribution in [3.8, 4) is 5.75 Å². The van der Waals surface area contributed by atoms with Crippen LogP contribution >= 0.6 is 0 Å². The molecule has 134 valence electrons. The molecule has 2 aromatic carbocycles. The first kappa shape index (κ1) is 17.7. The lowest BCUT2D eigenvalue weighted by atomic mass is 10.1. The van der Waals surface area contributed by atoms with E-state index in [2.05, 4.69) is 23.1 Å². The second-order valence-electron chi connectivity index (χ2n) is 6.21. The van der Waals surface area contributed by atoms with Gasteiger partial charge in [-0.05, 0) is 43.2 Å². The van der Waals surface area contributed by atoms with Gasteiger partial charge >= 0.3 is 0 Å². The summed E-state index contributed by atoms with van der Waals surface area (Å²) in [5.74, 6) is 1.49. The quantitative estimate of drug-likeness (QED) is 0.706. The summed E-state index contributed by atoms with van der Waals surface area (Å²) < 4.78 is 11.1. The van der Waals surface area contributed by atoms with Gasteiger partial charge in [0.2, 0.25) is 11.8 Å². The second kappa shape index (κ2) is 7.82. The zero-order chi connectivity index (χ0) is 18.5. The van der Waals surface area contributed by atoms with Gasteiger partial charge in [-0.2, -0.15) is 4.98 Å². The largest absolute Gasteiger partial charge is 0.493 e. The third-order valence-electron chi connectivity index (χ3n) is 3.99. The molecule has 26 heavy (non-hydrogen) atoms. The SMILES string of the molecule is Cc1ccc(OCCc2nc(Cc3cccc(C(N)=O)c3)no2)c(C)c1. The van der Waals surface area contributed by atoms with Crippen molar-refractivity contribution in [3.05, 3.63) is 76.4 Å². The molecule has 1 heterocycles. The number of primary amides is 1. The highest BCUT2D eigenvalue weighted by molar-refractivity contribution is 5.92. The number of rotatable bonds is 7. The number of hydrogen-bond acceptors (Lipinski definition) is 5. The molecule has 3 rings (SSSR count). The maximum atomic E-state index is 11.2. The minimum Gasteiger partial charge on any atom is -0.493 e. The van der Waals surface area contributed by atoms with Gasteiger partial charge in [-0.25, -0.2) is 0 Å². The Morgan fingerprint density at radius 3 is 2.81 bits per heavy atom. The fourth-order valence-corrected chi connectivity index (χ4v) is 2.69. The van der Waals surface area contributed by atoms with Gasteiger partial charge < -0.3 is 15.0 Å². The van der Waals surface area contributed by atoms with E-state index < -0.39 is 5.91 Å². The maximum absolute atomic E-state index is 11.2. The highest BCUT2D eigenvalue weighted by Gasteiger charge is 2.09. The van der Waals surface area contributed by atoms with E-state index in [1.165, 1.54) is 5.56 Å². The zero-order valence-electron chi connectivity index (χ0n) is 14.9. The molecule has 0 aliphatic heterocycles. The van der Waals surface area contributed by atoms with Gasteiger partial charge in [-0.15, -0.1) is 0 Å². The number of aromatic nitrogens is 2. The van der Waals surface area contributed by atoms with Crippen LogP contribution < -0.4 is 10.5 Å². The van der Waals surface area contributed by atoms with Crippen LogP contribution in [0.3, 0.4) is 0 Å². The first-order valence-corrected chi connectivity index (χ1v) is 8.41. The predicted octanol–water partition coefficient (Wildman–Crippen LogP) is 3.00. The van der Waals surface area contributed by atoms with Crippen LogP contribution in [0.5, 0.6) is 5.75 Å². The van der Waals surface area contributed by atoms with Gasteiger partial charge in [0.15, 0.2) is 5.82 Å². The Bertz CT molecular complexity index is 918. The van der Waals surface area contributed by atoms with E-state index in [0.717, 1.165) is 16.9 Å². The third-order valence-corrected chi connectivity index (χ3v) is 3.99. The molecule has 0 bridgehead atoms. The highest BCUT2D eigenvalue weighted by Crippen LogP contribution is 2.19. The second-order valence-corrected chi connectivity index (χ2v) is 6.21. The van der Waals surface area contributed by atoms with Crippen molar-refractivity contribution in [3.63, 3.8) is 0 Å². The fourth-order valence-electron chi connectivity index (χ4n) is 2.69. The van der Waals surface area contributed by atoms with Crippen LogP contribution in [0, 0.1) is 13.8 Å². The summed E-state index contributed by atoms with van der Waals surface area (Å²) >= 11 is 0. The lowest BCUT2D eigenvalue weighted by Crippen LogP contribution is -2.11. The van der Waals surface area contributed by atoms with Crippen molar-refractivity contribution < 1.29 is 14.1 Å². The number of hydrogen-bond donors (Lipinski definition) is 1. The Balaban J connectivity index is 1.56. The Morgan fingerprint density at radius 2 is 2.04 bits per heavy atom. The molecule has 0 aliphatic carbocycles. The summed E-state index contributed by atoms with van der Waals surface area (Å²) in [5.41, 5.74) is 8.98. The summed E-state index contributed by atoms with van der Waals surface area (Å²) in [4.78, 5) is 15.6.